The van der Waals surface area contributed by atoms with Crippen molar-refractivity contribution in [3.05, 3.63) is 70.8 Å². The van der Waals surface area contributed by atoms with Crippen LogP contribution >= 0.6 is 0 Å². The minimum Gasteiger partial charge on any atom is -0.394 e. The Bertz CT molecular complexity index is 898. The minimum atomic E-state index is -5.01. The molecule has 2 rings (SSSR count). The summed E-state index contributed by atoms with van der Waals surface area (Å²) in [6, 6.07) is 9.13. The number of oxime groups is 1. The summed E-state index contributed by atoms with van der Waals surface area (Å²) in [6.45, 7) is 3.70. The molecule has 4 nitrogen and oxygen atoms in total. The second kappa shape index (κ2) is 10.2. The van der Waals surface area contributed by atoms with Crippen LogP contribution in [0.25, 0.3) is 0 Å². The Morgan fingerprint density at radius 1 is 1.13 bits per heavy atom. The average molecular weight is 428 g/mol. The number of carbonyl (C=O) groups excluding carboxylic acids is 1. The highest BCUT2D eigenvalue weighted by Gasteiger charge is 2.38. The summed E-state index contributed by atoms with van der Waals surface area (Å²) in [5, 5.41) is 5.65. The van der Waals surface area contributed by atoms with Crippen LogP contribution in [-0.2, 0) is 22.2 Å². The molecule has 0 aliphatic carbocycles. The van der Waals surface area contributed by atoms with E-state index in [2.05, 4.69) is 10.5 Å². The standard InChI is InChI=1S/C21H21F5N2O2/c1-3-13(2)12-30-28-20(27-17(29)11-14-7-5-4-6-8-14)18-15(21(24,25)26)9-10-16(22)19(18)23/h4-10,13H,3,11-12H2,1-2H3,(H,27,28,29). The van der Waals surface area contributed by atoms with Crippen LogP contribution in [0.2, 0.25) is 0 Å². The molecule has 0 fully saturated rings. The van der Waals surface area contributed by atoms with E-state index < -0.39 is 40.7 Å². The lowest BCUT2D eigenvalue weighted by Gasteiger charge is -2.17. The second-order valence-corrected chi connectivity index (χ2v) is 6.74. The van der Waals surface area contributed by atoms with Gasteiger partial charge >= 0.3 is 6.18 Å². The fraction of sp³-hybridized carbons (Fsp3) is 0.333. The molecule has 1 amide bonds. The lowest BCUT2D eigenvalue weighted by Crippen LogP contribution is -2.35. The molecular formula is C21H21F5N2O2. The predicted octanol–water partition coefficient (Wildman–Crippen LogP) is 5.07. The third kappa shape index (κ3) is 6.27. The van der Waals surface area contributed by atoms with E-state index in [-0.39, 0.29) is 18.9 Å². The number of amidine groups is 1. The van der Waals surface area contributed by atoms with E-state index in [0.717, 1.165) is 0 Å². The van der Waals surface area contributed by atoms with E-state index in [9.17, 15) is 26.7 Å². The van der Waals surface area contributed by atoms with Gasteiger partial charge in [-0.15, -0.1) is 0 Å². The molecule has 0 radical (unpaired) electrons. The predicted molar refractivity (Wildman–Crippen MR) is 102 cm³/mol. The van der Waals surface area contributed by atoms with Crippen molar-refractivity contribution in [3.63, 3.8) is 0 Å². The molecule has 2 aromatic carbocycles. The third-order valence-corrected chi connectivity index (χ3v) is 4.31. The molecule has 2 aromatic rings. The van der Waals surface area contributed by atoms with Crippen LogP contribution in [0, 0.1) is 17.6 Å². The SMILES string of the molecule is CCC(C)CON=C(NC(=O)Cc1ccccc1)c1c(C(F)(F)F)ccc(F)c1F. The van der Waals surface area contributed by atoms with Gasteiger partial charge in [0.25, 0.3) is 0 Å². The molecule has 0 aliphatic rings. The van der Waals surface area contributed by atoms with Gasteiger partial charge in [-0.1, -0.05) is 55.8 Å². The monoisotopic (exact) mass is 428 g/mol. The Kier molecular flexibility index (Phi) is 7.91. The van der Waals surface area contributed by atoms with Crippen molar-refractivity contribution in [1.29, 1.82) is 0 Å². The first-order chi connectivity index (χ1) is 14.1. The van der Waals surface area contributed by atoms with Crippen molar-refractivity contribution in [2.75, 3.05) is 6.61 Å². The third-order valence-electron chi connectivity index (χ3n) is 4.31. The van der Waals surface area contributed by atoms with Gasteiger partial charge in [0, 0.05) is 0 Å². The Balaban J connectivity index is 2.42. The first kappa shape index (κ1) is 23.3. The largest absolute Gasteiger partial charge is 0.417 e. The average Bonchev–Trinajstić information content (AvgIpc) is 2.69. The van der Waals surface area contributed by atoms with Crippen LogP contribution in [0.1, 0.15) is 37.0 Å². The maximum atomic E-state index is 14.4. The molecule has 162 valence electrons. The van der Waals surface area contributed by atoms with Gasteiger partial charge in [0.1, 0.15) is 6.61 Å². The van der Waals surface area contributed by atoms with E-state index in [1.54, 1.807) is 30.3 Å². The first-order valence-corrected chi connectivity index (χ1v) is 9.22. The minimum absolute atomic E-state index is 0.00876. The van der Waals surface area contributed by atoms with Gasteiger partial charge in [-0.2, -0.15) is 13.2 Å². The Morgan fingerprint density at radius 2 is 1.80 bits per heavy atom. The summed E-state index contributed by atoms with van der Waals surface area (Å²) in [5.74, 6) is -4.89. The lowest BCUT2D eigenvalue weighted by molar-refractivity contribution is -0.138. The highest BCUT2D eigenvalue weighted by molar-refractivity contribution is 6.09. The van der Waals surface area contributed by atoms with Gasteiger partial charge in [0.15, 0.2) is 17.5 Å². The number of alkyl halides is 3. The molecule has 0 saturated carbocycles. The van der Waals surface area contributed by atoms with Crippen molar-refractivity contribution in [2.45, 2.75) is 32.9 Å². The zero-order valence-electron chi connectivity index (χ0n) is 16.4. The number of nitrogens with zero attached hydrogens (tertiary/aromatic N) is 1. The van der Waals surface area contributed by atoms with E-state index >= 15 is 0 Å². The van der Waals surface area contributed by atoms with Gasteiger partial charge in [-0.3, -0.25) is 4.79 Å². The number of amides is 1. The summed E-state index contributed by atoms with van der Waals surface area (Å²) < 4.78 is 68.4. The van der Waals surface area contributed by atoms with Crippen molar-refractivity contribution in [1.82, 2.24) is 5.32 Å². The molecule has 1 atom stereocenters. The molecule has 0 aromatic heterocycles. The van der Waals surface area contributed by atoms with Crippen LogP contribution in [0.4, 0.5) is 22.0 Å². The highest BCUT2D eigenvalue weighted by Crippen LogP contribution is 2.34. The van der Waals surface area contributed by atoms with Gasteiger partial charge in [0.05, 0.1) is 17.5 Å². The normalized spacial score (nSPS) is 13.1. The van der Waals surface area contributed by atoms with Gasteiger partial charge in [-0.05, 0) is 23.6 Å². The summed E-state index contributed by atoms with van der Waals surface area (Å²) in [7, 11) is 0. The highest BCUT2D eigenvalue weighted by atomic mass is 19.4. The van der Waals surface area contributed by atoms with E-state index in [4.69, 9.17) is 4.84 Å². The summed E-state index contributed by atoms with van der Waals surface area (Å²) in [6.07, 6.45) is -4.51. The van der Waals surface area contributed by atoms with E-state index in [0.29, 0.717) is 24.1 Å². The van der Waals surface area contributed by atoms with Crippen molar-refractivity contribution in [2.24, 2.45) is 11.1 Å². The topological polar surface area (TPSA) is 50.7 Å². The maximum Gasteiger partial charge on any atom is 0.417 e. The smallest absolute Gasteiger partial charge is 0.394 e. The number of carbonyl (C=O) groups is 1. The zero-order valence-corrected chi connectivity index (χ0v) is 16.4. The lowest BCUT2D eigenvalue weighted by atomic mass is 10.0. The molecule has 1 N–H and O–H groups in total. The molecular weight excluding hydrogens is 407 g/mol. The molecule has 0 spiro atoms. The number of halogens is 5. The Morgan fingerprint density at radius 3 is 2.40 bits per heavy atom. The van der Waals surface area contributed by atoms with Gasteiger partial charge in [0.2, 0.25) is 5.91 Å². The number of nitrogens with one attached hydrogen (secondary N) is 1. The fourth-order valence-corrected chi connectivity index (χ4v) is 2.45. The van der Waals surface area contributed by atoms with Crippen LogP contribution in [0.3, 0.4) is 0 Å². The van der Waals surface area contributed by atoms with E-state index in [1.807, 2.05) is 13.8 Å². The molecule has 0 bridgehead atoms. The number of benzene rings is 2. The summed E-state index contributed by atoms with van der Waals surface area (Å²) in [4.78, 5) is 17.4. The molecule has 1 unspecified atom stereocenters. The second-order valence-electron chi connectivity index (χ2n) is 6.74. The van der Waals surface area contributed by atoms with Gasteiger partial charge in [-0.25, -0.2) is 8.78 Å². The molecule has 30 heavy (non-hydrogen) atoms. The molecule has 9 heteroatoms. The van der Waals surface area contributed by atoms with E-state index in [1.165, 1.54) is 0 Å². The quantitative estimate of drug-likeness (QED) is 0.290. The Hall–Kier alpha value is -2.97. The van der Waals surface area contributed by atoms with Crippen molar-refractivity contribution < 1.29 is 31.6 Å². The Labute approximate surface area is 170 Å². The fourth-order valence-electron chi connectivity index (χ4n) is 2.45. The zero-order chi connectivity index (χ0) is 22.3. The maximum absolute atomic E-state index is 14.4. The van der Waals surface area contributed by atoms with Crippen LogP contribution in [0.15, 0.2) is 47.6 Å². The number of hydrogen-bond acceptors (Lipinski definition) is 3. The van der Waals surface area contributed by atoms with Crippen molar-refractivity contribution in [3.8, 4) is 0 Å². The van der Waals surface area contributed by atoms with Crippen LogP contribution < -0.4 is 5.32 Å². The van der Waals surface area contributed by atoms with Gasteiger partial charge < -0.3 is 10.2 Å². The van der Waals surface area contributed by atoms with Crippen LogP contribution in [0.5, 0.6) is 0 Å². The molecule has 0 saturated heterocycles. The van der Waals surface area contributed by atoms with Crippen molar-refractivity contribution >= 4 is 11.7 Å². The molecule has 0 heterocycles. The number of hydrogen-bond donors (Lipinski definition) is 1. The summed E-state index contributed by atoms with van der Waals surface area (Å²) >= 11 is 0. The number of rotatable bonds is 7. The van der Waals surface area contributed by atoms with Crippen LogP contribution in [-0.4, -0.2) is 18.3 Å². The first-order valence-electron chi connectivity index (χ1n) is 9.22. The summed E-state index contributed by atoms with van der Waals surface area (Å²) in [5.41, 5.74) is -2.12. The molecule has 0 aliphatic heterocycles.